The van der Waals surface area contributed by atoms with E-state index in [1.807, 2.05) is 6.07 Å². The molecule has 4 rings (SSSR count). The van der Waals surface area contributed by atoms with Gasteiger partial charge in [0, 0.05) is 45.0 Å². The molecule has 1 aliphatic heterocycles. The predicted molar refractivity (Wildman–Crippen MR) is 147 cm³/mol. The molecule has 0 atom stereocenters. The van der Waals surface area contributed by atoms with Crippen LogP contribution in [0.4, 0.5) is 16.6 Å². The van der Waals surface area contributed by atoms with Crippen molar-refractivity contribution in [3.8, 4) is 6.07 Å². The zero-order valence-electron chi connectivity index (χ0n) is 21.0. The first kappa shape index (κ1) is 28.6. The van der Waals surface area contributed by atoms with Crippen LogP contribution in [-0.4, -0.2) is 81.5 Å². The van der Waals surface area contributed by atoms with Gasteiger partial charge in [0.15, 0.2) is 5.69 Å². The largest absolute Gasteiger partial charge is 0.338 e. The second-order valence-corrected chi connectivity index (χ2v) is 14.0. The number of benzene rings is 1. The summed E-state index contributed by atoms with van der Waals surface area (Å²) in [5.41, 5.74) is 0.384. The lowest BCUT2D eigenvalue weighted by molar-refractivity contribution is 0.102. The summed E-state index contributed by atoms with van der Waals surface area (Å²) in [6, 6.07) is 8.93. The van der Waals surface area contributed by atoms with Gasteiger partial charge in [-0.25, -0.2) is 31.8 Å². The molecule has 0 saturated carbocycles. The van der Waals surface area contributed by atoms with Gasteiger partial charge in [0.25, 0.3) is 5.91 Å². The molecular formula is C22H23ClN8O5S3. The van der Waals surface area contributed by atoms with Crippen molar-refractivity contribution in [3.05, 3.63) is 51.9 Å². The maximum atomic E-state index is 13.2. The number of nitriles is 1. The number of halogens is 1. The van der Waals surface area contributed by atoms with Crippen LogP contribution in [0.5, 0.6) is 0 Å². The third kappa shape index (κ3) is 6.28. The van der Waals surface area contributed by atoms with E-state index in [4.69, 9.17) is 16.9 Å². The lowest BCUT2D eigenvalue weighted by Crippen LogP contribution is -2.49. The number of nitrogens with zero attached hydrogens (tertiary/aromatic N) is 7. The van der Waals surface area contributed by atoms with Crippen LogP contribution >= 0.6 is 22.9 Å². The highest BCUT2D eigenvalue weighted by molar-refractivity contribution is 7.92. The standard InChI is InChI=1S/C22H23ClN8O5S3/c1-14-25-19(21(37-14)29(2)38(3,33)34)20(32)26-15-4-6-17(7-5-15)39(35,36)31-10-8-30(9-11-31)22-27-16(13-24)12-18(23)28-22/h4-7,12H,8-11H2,1-3H3,(H,26,32). The number of sulfonamides is 2. The molecule has 1 aliphatic rings. The van der Waals surface area contributed by atoms with Crippen molar-refractivity contribution < 1.29 is 21.6 Å². The molecule has 0 unspecified atom stereocenters. The number of aromatic nitrogens is 3. The van der Waals surface area contributed by atoms with Crippen LogP contribution in [0.2, 0.25) is 5.15 Å². The maximum absolute atomic E-state index is 13.2. The number of carbonyl (C=O) groups is 1. The summed E-state index contributed by atoms with van der Waals surface area (Å²) in [5.74, 6) is -0.364. The summed E-state index contributed by atoms with van der Waals surface area (Å²) in [4.78, 5) is 27.1. The van der Waals surface area contributed by atoms with Gasteiger partial charge in [-0.3, -0.25) is 9.10 Å². The van der Waals surface area contributed by atoms with E-state index in [0.29, 0.717) is 23.8 Å². The molecule has 0 spiro atoms. The van der Waals surface area contributed by atoms with Gasteiger partial charge in [-0.1, -0.05) is 11.6 Å². The average Bonchev–Trinajstić information content (AvgIpc) is 3.29. The SMILES string of the molecule is Cc1nc(C(=O)Nc2ccc(S(=O)(=O)N3CCN(c4nc(Cl)cc(C#N)n4)CC3)cc2)c(N(C)S(C)(=O)=O)s1. The molecule has 1 N–H and O–H groups in total. The molecule has 1 aromatic carbocycles. The summed E-state index contributed by atoms with van der Waals surface area (Å²) >= 11 is 7.03. The maximum Gasteiger partial charge on any atom is 0.277 e. The number of piperazine rings is 1. The number of hydrogen-bond donors (Lipinski definition) is 1. The molecule has 1 amide bonds. The van der Waals surface area contributed by atoms with Crippen molar-refractivity contribution in [2.75, 3.05) is 54.0 Å². The average molecular weight is 611 g/mol. The minimum Gasteiger partial charge on any atom is -0.338 e. The van der Waals surface area contributed by atoms with Crippen LogP contribution < -0.4 is 14.5 Å². The Morgan fingerprint density at radius 1 is 1.10 bits per heavy atom. The zero-order chi connectivity index (χ0) is 28.5. The van der Waals surface area contributed by atoms with Crippen LogP contribution in [-0.2, 0) is 20.0 Å². The molecular weight excluding hydrogens is 588 g/mol. The summed E-state index contributed by atoms with van der Waals surface area (Å²) in [7, 11) is -6.09. The lowest BCUT2D eigenvalue weighted by atomic mass is 10.3. The summed E-state index contributed by atoms with van der Waals surface area (Å²) in [5, 5.41) is 12.5. The van der Waals surface area contributed by atoms with E-state index in [9.17, 15) is 21.6 Å². The van der Waals surface area contributed by atoms with E-state index >= 15 is 0 Å². The Balaban J connectivity index is 1.44. The van der Waals surface area contributed by atoms with Gasteiger partial charge in [-0.2, -0.15) is 9.57 Å². The van der Waals surface area contributed by atoms with Gasteiger partial charge < -0.3 is 10.2 Å². The van der Waals surface area contributed by atoms with Crippen molar-refractivity contribution in [3.63, 3.8) is 0 Å². The van der Waals surface area contributed by atoms with E-state index in [2.05, 4.69) is 20.3 Å². The normalized spacial score (nSPS) is 14.6. The molecule has 0 aliphatic carbocycles. The Morgan fingerprint density at radius 2 is 1.74 bits per heavy atom. The Labute approximate surface area is 234 Å². The summed E-state index contributed by atoms with van der Waals surface area (Å²) in [6.07, 6.45) is 1.03. The number of hydrogen-bond acceptors (Lipinski definition) is 11. The van der Waals surface area contributed by atoms with Crippen LogP contribution in [0.15, 0.2) is 35.2 Å². The fourth-order valence-electron chi connectivity index (χ4n) is 3.71. The molecule has 1 saturated heterocycles. The van der Waals surface area contributed by atoms with Crippen molar-refractivity contribution in [1.82, 2.24) is 19.3 Å². The highest BCUT2D eigenvalue weighted by Gasteiger charge is 2.30. The van der Waals surface area contributed by atoms with Gasteiger partial charge in [0.1, 0.15) is 21.9 Å². The van der Waals surface area contributed by atoms with Gasteiger partial charge >= 0.3 is 0 Å². The lowest BCUT2D eigenvalue weighted by Gasteiger charge is -2.34. The fraction of sp³-hybridized carbons (Fsp3) is 0.318. The fourth-order valence-corrected chi connectivity index (χ4v) is 7.00. The smallest absolute Gasteiger partial charge is 0.277 e. The third-order valence-electron chi connectivity index (χ3n) is 5.78. The van der Waals surface area contributed by atoms with Crippen LogP contribution in [0, 0.1) is 18.3 Å². The minimum atomic E-state index is -3.83. The summed E-state index contributed by atoms with van der Waals surface area (Å²) < 4.78 is 52.6. The first-order valence-electron chi connectivity index (χ1n) is 11.3. The number of nitrogens with one attached hydrogen (secondary N) is 1. The van der Waals surface area contributed by atoms with E-state index in [-0.39, 0.29) is 45.5 Å². The molecule has 2 aromatic heterocycles. The van der Waals surface area contributed by atoms with Gasteiger partial charge in [-0.15, -0.1) is 11.3 Å². The number of thiazole rings is 1. The van der Waals surface area contributed by atoms with Crippen molar-refractivity contribution >= 4 is 65.5 Å². The molecule has 13 nitrogen and oxygen atoms in total. The third-order valence-corrected chi connectivity index (χ3v) is 10.2. The number of carbonyl (C=O) groups excluding carboxylic acids is 1. The zero-order valence-corrected chi connectivity index (χ0v) is 24.2. The number of rotatable bonds is 7. The molecule has 3 heterocycles. The number of amides is 1. The molecule has 3 aromatic rings. The Morgan fingerprint density at radius 3 is 2.33 bits per heavy atom. The van der Waals surface area contributed by atoms with Gasteiger partial charge in [0.2, 0.25) is 26.0 Å². The van der Waals surface area contributed by atoms with Crippen molar-refractivity contribution in [1.29, 1.82) is 5.26 Å². The quantitative estimate of drug-likeness (QED) is 0.390. The van der Waals surface area contributed by atoms with E-state index in [0.717, 1.165) is 21.9 Å². The molecule has 0 radical (unpaired) electrons. The Kier molecular flexibility index (Phi) is 8.09. The van der Waals surface area contributed by atoms with Gasteiger partial charge in [-0.05, 0) is 31.2 Å². The van der Waals surface area contributed by atoms with Crippen molar-refractivity contribution in [2.45, 2.75) is 11.8 Å². The first-order chi connectivity index (χ1) is 18.3. The Bertz CT molecular complexity index is 1660. The van der Waals surface area contributed by atoms with E-state index in [1.54, 1.807) is 11.8 Å². The van der Waals surface area contributed by atoms with Crippen LogP contribution in [0.1, 0.15) is 21.2 Å². The molecule has 39 heavy (non-hydrogen) atoms. The van der Waals surface area contributed by atoms with Crippen LogP contribution in [0.25, 0.3) is 0 Å². The van der Waals surface area contributed by atoms with Crippen molar-refractivity contribution in [2.24, 2.45) is 0 Å². The highest BCUT2D eigenvalue weighted by Crippen LogP contribution is 2.30. The molecule has 1 fully saturated rings. The van der Waals surface area contributed by atoms with E-state index < -0.39 is 26.0 Å². The second kappa shape index (κ2) is 11.0. The summed E-state index contributed by atoms with van der Waals surface area (Å²) in [6.45, 7) is 2.59. The topological polar surface area (TPSA) is 170 Å². The molecule has 0 bridgehead atoms. The first-order valence-corrected chi connectivity index (χ1v) is 15.8. The van der Waals surface area contributed by atoms with Gasteiger partial charge in [0.05, 0.1) is 16.2 Å². The second-order valence-electron chi connectivity index (χ2n) is 8.47. The molecule has 17 heteroatoms. The van der Waals surface area contributed by atoms with Crippen LogP contribution in [0.3, 0.4) is 0 Å². The predicted octanol–water partition coefficient (Wildman–Crippen LogP) is 1.93. The van der Waals surface area contributed by atoms with E-state index in [1.165, 1.54) is 41.7 Å². The Hall–Kier alpha value is -3.36. The minimum absolute atomic E-state index is 0.0433. The highest BCUT2D eigenvalue weighted by atomic mass is 35.5. The monoisotopic (exact) mass is 610 g/mol. The molecule has 206 valence electrons. The number of anilines is 3. The number of aryl methyl sites for hydroxylation is 1.